The van der Waals surface area contributed by atoms with Crippen molar-refractivity contribution >= 4 is 0 Å². The Labute approximate surface area is 130 Å². The topological polar surface area (TPSA) is 75.9 Å². The Balaban J connectivity index is 1.61. The molecule has 1 aromatic carbocycles. The minimum Gasteiger partial charge on any atom is -0.391 e. The fourth-order valence-corrected chi connectivity index (χ4v) is 3.12. The molecule has 0 unspecified atom stereocenters. The first-order valence-corrected chi connectivity index (χ1v) is 7.54. The standard InChI is InChI=1S/C17H20N4O/c1-12-5-16(20-19-12)7-15-10-21(11-17(15)22)9-14-4-2-3-13(6-14)8-18/h2-6,15,17,22H,7,9-11H2,1H3,(H,19,20)/t15-,17-/m1/s1. The van der Waals surface area contributed by atoms with Crippen molar-refractivity contribution in [3.05, 3.63) is 52.8 Å². The summed E-state index contributed by atoms with van der Waals surface area (Å²) >= 11 is 0. The molecule has 0 saturated carbocycles. The fraction of sp³-hybridized carbons (Fsp3) is 0.412. The van der Waals surface area contributed by atoms with Gasteiger partial charge in [0.1, 0.15) is 0 Å². The summed E-state index contributed by atoms with van der Waals surface area (Å²) in [5, 5.41) is 26.4. The third-order valence-corrected chi connectivity index (χ3v) is 4.17. The molecule has 0 spiro atoms. The van der Waals surface area contributed by atoms with E-state index in [2.05, 4.69) is 21.2 Å². The Kier molecular flexibility index (Phi) is 4.23. The van der Waals surface area contributed by atoms with Crippen molar-refractivity contribution in [3.63, 3.8) is 0 Å². The minimum atomic E-state index is -0.323. The highest BCUT2D eigenvalue weighted by Crippen LogP contribution is 2.23. The van der Waals surface area contributed by atoms with Gasteiger partial charge < -0.3 is 5.11 Å². The maximum atomic E-state index is 10.3. The number of aryl methyl sites for hydroxylation is 1. The van der Waals surface area contributed by atoms with Gasteiger partial charge in [-0.25, -0.2) is 0 Å². The molecule has 3 rings (SSSR count). The predicted molar refractivity (Wildman–Crippen MR) is 83.0 cm³/mol. The van der Waals surface area contributed by atoms with Gasteiger partial charge in [-0.15, -0.1) is 0 Å². The molecule has 1 aromatic heterocycles. The number of aromatic amines is 1. The first kappa shape index (κ1) is 14.8. The van der Waals surface area contributed by atoms with Gasteiger partial charge in [-0.3, -0.25) is 10.00 Å². The van der Waals surface area contributed by atoms with Gasteiger partial charge in [0.25, 0.3) is 0 Å². The highest BCUT2D eigenvalue weighted by atomic mass is 16.3. The quantitative estimate of drug-likeness (QED) is 0.899. The summed E-state index contributed by atoms with van der Waals surface area (Å²) in [7, 11) is 0. The molecule has 22 heavy (non-hydrogen) atoms. The lowest BCUT2D eigenvalue weighted by atomic mass is 10.0. The van der Waals surface area contributed by atoms with Gasteiger partial charge in [0.2, 0.25) is 0 Å². The van der Waals surface area contributed by atoms with Crippen LogP contribution in [-0.2, 0) is 13.0 Å². The van der Waals surface area contributed by atoms with E-state index in [1.165, 1.54) is 0 Å². The van der Waals surface area contributed by atoms with Crippen LogP contribution in [0, 0.1) is 24.2 Å². The summed E-state index contributed by atoms with van der Waals surface area (Å²) < 4.78 is 0. The van der Waals surface area contributed by atoms with E-state index in [4.69, 9.17) is 5.26 Å². The number of likely N-dealkylation sites (tertiary alicyclic amines) is 1. The van der Waals surface area contributed by atoms with Crippen molar-refractivity contribution in [2.45, 2.75) is 26.0 Å². The monoisotopic (exact) mass is 296 g/mol. The Bertz CT molecular complexity index is 688. The smallest absolute Gasteiger partial charge is 0.0991 e. The summed E-state index contributed by atoms with van der Waals surface area (Å²) in [6, 6.07) is 11.9. The lowest BCUT2D eigenvalue weighted by Crippen LogP contribution is -2.21. The van der Waals surface area contributed by atoms with Gasteiger partial charge in [-0.2, -0.15) is 10.4 Å². The van der Waals surface area contributed by atoms with Crippen molar-refractivity contribution < 1.29 is 5.11 Å². The molecular formula is C17H20N4O. The summed E-state index contributed by atoms with van der Waals surface area (Å²) in [4.78, 5) is 2.24. The molecule has 0 aliphatic carbocycles. The highest BCUT2D eigenvalue weighted by Gasteiger charge is 2.31. The Morgan fingerprint density at radius 3 is 3.00 bits per heavy atom. The molecule has 1 fully saturated rings. The average Bonchev–Trinajstić information content (AvgIpc) is 3.06. The van der Waals surface area contributed by atoms with Crippen LogP contribution in [0.4, 0.5) is 0 Å². The molecular weight excluding hydrogens is 276 g/mol. The number of rotatable bonds is 4. The molecule has 0 radical (unpaired) electrons. The molecule has 2 aromatic rings. The van der Waals surface area contributed by atoms with E-state index >= 15 is 0 Å². The second kappa shape index (κ2) is 6.30. The van der Waals surface area contributed by atoms with Crippen molar-refractivity contribution in [3.8, 4) is 6.07 Å². The third-order valence-electron chi connectivity index (χ3n) is 4.17. The number of β-amino-alcohol motifs (C(OH)–C–C–N with tert-alkyl or cyclic N) is 1. The third kappa shape index (κ3) is 3.35. The molecule has 5 heteroatoms. The number of benzene rings is 1. The van der Waals surface area contributed by atoms with Gasteiger partial charge in [-0.05, 0) is 37.1 Å². The van der Waals surface area contributed by atoms with Crippen LogP contribution in [0.1, 0.15) is 22.5 Å². The number of nitrogens with one attached hydrogen (secondary N) is 1. The van der Waals surface area contributed by atoms with Crippen molar-refractivity contribution in [2.75, 3.05) is 13.1 Å². The average molecular weight is 296 g/mol. The number of aromatic nitrogens is 2. The minimum absolute atomic E-state index is 0.210. The van der Waals surface area contributed by atoms with Crippen LogP contribution < -0.4 is 0 Å². The van der Waals surface area contributed by atoms with E-state index in [-0.39, 0.29) is 12.0 Å². The SMILES string of the molecule is Cc1cc(C[C@@H]2CN(Cc3cccc(C#N)c3)C[C@H]2O)n[nH]1. The molecule has 1 saturated heterocycles. The molecule has 2 heterocycles. The number of nitriles is 1. The first-order valence-electron chi connectivity index (χ1n) is 7.54. The van der Waals surface area contributed by atoms with Crippen LogP contribution in [0.15, 0.2) is 30.3 Å². The fourth-order valence-electron chi connectivity index (χ4n) is 3.12. The van der Waals surface area contributed by atoms with Crippen molar-refractivity contribution in [1.29, 1.82) is 5.26 Å². The van der Waals surface area contributed by atoms with E-state index < -0.39 is 0 Å². The van der Waals surface area contributed by atoms with Crippen LogP contribution in [0.3, 0.4) is 0 Å². The van der Waals surface area contributed by atoms with E-state index in [1.54, 1.807) is 0 Å². The maximum absolute atomic E-state index is 10.3. The predicted octanol–water partition coefficient (Wildman–Crippen LogP) is 1.63. The number of nitrogens with zero attached hydrogens (tertiary/aromatic N) is 3. The Morgan fingerprint density at radius 2 is 2.27 bits per heavy atom. The second-order valence-electron chi connectivity index (χ2n) is 6.08. The molecule has 0 amide bonds. The lowest BCUT2D eigenvalue weighted by Gasteiger charge is -2.15. The Morgan fingerprint density at radius 1 is 1.41 bits per heavy atom. The van der Waals surface area contributed by atoms with Gasteiger partial charge in [0.05, 0.1) is 23.4 Å². The summed E-state index contributed by atoms with van der Waals surface area (Å²) in [6.07, 6.45) is 0.469. The van der Waals surface area contributed by atoms with E-state index in [1.807, 2.05) is 37.3 Å². The normalized spacial score (nSPS) is 21.9. The molecule has 1 aliphatic rings. The van der Waals surface area contributed by atoms with E-state index in [0.717, 1.165) is 36.5 Å². The Hall–Kier alpha value is -2.16. The zero-order valence-corrected chi connectivity index (χ0v) is 12.7. The van der Waals surface area contributed by atoms with E-state index in [9.17, 15) is 5.11 Å². The van der Waals surface area contributed by atoms with Gasteiger partial charge >= 0.3 is 0 Å². The zero-order chi connectivity index (χ0) is 15.5. The second-order valence-corrected chi connectivity index (χ2v) is 6.08. The largest absolute Gasteiger partial charge is 0.391 e. The number of aliphatic hydroxyl groups excluding tert-OH is 1. The van der Waals surface area contributed by atoms with Crippen LogP contribution in [0.5, 0.6) is 0 Å². The number of H-pyrrole nitrogens is 1. The summed E-state index contributed by atoms with van der Waals surface area (Å²) in [5.41, 5.74) is 3.85. The highest BCUT2D eigenvalue weighted by molar-refractivity contribution is 5.32. The molecule has 114 valence electrons. The lowest BCUT2D eigenvalue weighted by molar-refractivity contribution is 0.140. The van der Waals surface area contributed by atoms with Gasteiger partial charge in [0, 0.05) is 31.2 Å². The van der Waals surface area contributed by atoms with Crippen molar-refractivity contribution in [2.24, 2.45) is 5.92 Å². The van der Waals surface area contributed by atoms with Gasteiger partial charge in [0.15, 0.2) is 0 Å². The maximum Gasteiger partial charge on any atom is 0.0991 e. The van der Waals surface area contributed by atoms with Gasteiger partial charge in [-0.1, -0.05) is 12.1 Å². The number of hydrogen-bond acceptors (Lipinski definition) is 4. The van der Waals surface area contributed by atoms with Crippen LogP contribution in [-0.4, -0.2) is 39.4 Å². The van der Waals surface area contributed by atoms with Crippen LogP contribution in [0.2, 0.25) is 0 Å². The van der Waals surface area contributed by atoms with Crippen LogP contribution in [0.25, 0.3) is 0 Å². The van der Waals surface area contributed by atoms with E-state index in [0.29, 0.717) is 12.1 Å². The molecule has 1 aliphatic heterocycles. The summed E-state index contributed by atoms with van der Waals surface area (Å²) in [6.45, 7) is 4.27. The first-order chi connectivity index (χ1) is 10.6. The number of hydrogen-bond donors (Lipinski definition) is 2. The van der Waals surface area contributed by atoms with Crippen LogP contribution >= 0.6 is 0 Å². The zero-order valence-electron chi connectivity index (χ0n) is 12.7. The summed E-state index contributed by atoms with van der Waals surface area (Å²) in [5.74, 6) is 0.210. The molecule has 2 atom stereocenters. The molecule has 2 N–H and O–H groups in total. The molecule has 0 bridgehead atoms. The number of aliphatic hydroxyl groups is 1. The molecule has 5 nitrogen and oxygen atoms in total. The van der Waals surface area contributed by atoms with Crippen molar-refractivity contribution in [1.82, 2.24) is 15.1 Å².